The Hall–Kier alpha value is -3.54. The molecule has 36 heavy (non-hydrogen) atoms. The molecule has 2 aromatic carbocycles. The predicted molar refractivity (Wildman–Crippen MR) is 121 cm³/mol. The van der Waals surface area contributed by atoms with Crippen LogP contribution >= 0.6 is 11.8 Å². The Kier molecular flexibility index (Phi) is 5.73. The first-order chi connectivity index (χ1) is 17.0. The van der Waals surface area contributed by atoms with E-state index >= 15 is 0 Å². The second-order valence-corrected chi connectivity index (χ2v) is 9.47. The second-order valence-electron chi connectivity index (χ2n) is 8.45. The van der Waals surface area contributed by atoms with Crippen molar-refractivity contribution < 1.29 is 31.9 Å². The van der Waals surface area contributed by atoms with Crippen LogP contribution in [0.25, 0.3) is 0 Å². The number of aromatic hydroxyl groups is 1. The van der Waals surface area contributed by atoms with Gasteiger partial charge in [-0.15, -0.1) is 11.8 Å². The number of fused-ring (bicyclic) bond motifs is 3. The van der Waals surface area contributed by atoms with Crippen LogP contribution in [0.15, 0.2) is 58.4 Å². The van der Waals surface area contributed by atoms with E-state index in [4.69, 9.17) is 0 Å². The van der Waals surface area contributed by atoms with Gasteiger partial charge in [0.15, 0.2) is 23.1 Å². The lowest BCUT2D eigenvalue weighted by molar-refractivity contribution is -0.173. The van der Waals surface area contributed by atoms with Crippen molar-refractivity contribution in [1.29, 1.82) is 0 Å². The number of rotatable bonds is 2. The van der Waals surface area contributed by atoms with Gasteiger partial charge in [0.05, 0.1) is 6.04 Å². The van der Waals surface area contributed by atoms with Crippen molar-refractivity contribution in [1.82, 2.24) is 9.58 Å². The maximum absolute atomic E-state index is 15.0. The molecule has 5 rings (SSSR count). The predicted octanol–water partition coefficient (Wildman–Crippen LogP) is 4.53. The lowest BCUT2D eigenvalue weighted by Crippen LogP contribution is -2.60. The lowest BCUT2D eigenvalue weighted by Gasteiger charge is -2.46. The van der Waals surface area contributed by atoms with Crippen LogP contribution < -0.4 is 10.4 Å². The summed E-state index contributed by atoms with van der Waals surface area (Å²) in [4.78, 5) is 26.5. The van der Waals surface area contributed by atoms with Gasteiger partial charge in [-0.25, -0.2) is 8.78 Å². The molecule has 0 aliphatic carbocycles. The van der Waals surface area contributed by atoms with Gasteiger partial charge in [-0.1, -0.05) is 24.3 Å². The molecule has 6 nitrogen and oxygen atoms in total. The summed E-state index contributed by atoms with van der Waals surface area (Å²) < 4.78 is 71.4. The summed E-state index contributed by atoms with van der Waals surface area (Å²) in [5, 5.41) is 11.8. The summed E-state index contributed by atoms with van der Waals surface area (Å²) in [7, 11) is 0. The average Bonchev–Trinajstić information content (AvgIpc) is 3.00. The Labute approximate surface area is 205 Å². The maximum atomic E-state index is 15.0. The third kappa shape index (κ3) is 3.71. The molecule has 0 spiro atoms. The minimum absolute atomic E-state index is 0.0281. The van der Waals surface area contributed by atoms with Gasteiger partial charge in [0.2, 0.25) is 5.43 Å². The number of aromatic nitrogens is 1. The van der Waals surface area contributed by atoms with E-state index in [0.717, 1.165) is 23.7 Å². The van der Waals surface area contributed by atoms with E-state index in [0.29, 0.717) is 15.4 Å². The summed E-state index contributed by atoms with van der Waals surface area (Å²) in [6, 6.07) is 6.92. The number of hydrogen-bond donors (Lipinski definition) is 1. The molecule has 0 unspecified atom stereocenters. The molecule has 2 aliphatic heterocycles. The van der Waals surface area contributed by atoms with Crippen LogP contribution in [0.4, 0.5) is 22.0 Å². The zero-order chi connectivity index (χ0) is 25.9. The molecule has 1 N–H and O–H groups in total. The Morgan fingerprint density at radius 3 is 2.50 bits per heavy atom. The number of pyridine rings is 1. The maximum Gasteiger partial charge on any atom is 0.408 e. The van der Waals surface area contributed by atoms with Crippen LogP contribution in [0.1, 0.15) is 40.1 Å². The standard InChI is InChI=1S/C24H18F5N3O3S/c1-12(24(27,28)29)30-11-32(31-9-8-17(33)22(34)21(31)23(30)35)20-13-6-7-16(25)19(26)15(13)10-36-18-5-3-2-4-14(18)20/h2-9,12,20,34H,10-11H2,1H3/t12-,20-/m1/s1. The molecule has 12 heteroatoms. The number of alkyl halides is 3. The molecule has 0 fully saturated rings. The van der Waals surface area contributed by atoms with Crippen molar-refractivity contribution in [3.63, 3.8) is 0 Å². The monoisotopic (exact) mass is 523 g/mol. The van der Waals surface area contributed by atoms with Crippen molar-refractivity contribution in [2.24, 2.45) is 0 Å². The van der Waals surface area contributed by atoms with Gasteiger partial charge in [0.1, 0.15) is 12.7 Å². The molecule has 0 bridgehead atoms. The molecule has 0 saturated heterocycles. The van der Waals surface area contributed by atoms with Crippen molar-refractivity contribution in [3.8, 4) is 5.75 Å². The van der Waals surface area contributed by atoms with Crippen LogP contribution in [0.5, 0.6) is 5.75 Å². The van der Waals surface area contributed by atoms with Crippen molar-refractivity contribution in [2.45, 2.75) is 35.8 Å². The Morgan fingerprint density at radius 1 is 1.06 bits per heavy atom. The molecule has 0 radical (unpaired) electrons. The number of carbonyl (C=O) groups excluding carboxylic acids is 1. The quantitative estimate of drug-likeness (QED) is 0.501. The summed E-state index contributed by atoms with van der Waals surface area (Å²) >= 11 is 1.24. The van der Waals surface area contributed by atoms with E-state index in [1.54, 1.807) is 24.3 Å². The van der Waals surface area contributed by atoms with E-state index in [-0.39, 0.29) is 16.9 Å². The summed E-state index contributed by atoms with van der Waals surface area (Å²) in [6.07, 6.45) is -3.64. The number of halogens is 5. The van der Waals surface area contributed by atoms with Crippen molar-refractivity contribution in [3.05, 3.63) is 92.9 Å². The SMILES string of the molecule is C[C@@H](N1CN([C@H]2c3ccccc3SCc3c2ccc(F)c3F)n2ccc(=O)c(O)c2C1=O)C(F)(F)F. The molecule has 0 saturated carbocycles. The van der Waals surface area contributed by atoms with Crippen LogP contribution in [-0.4, -0.2) is 39.5 Å². The molecule has 2 atom stereocenters. The normalized spacial score (nSPS) is 18.3. The highest BCUT2D eigenvalue weighted by Crippen LogP contribution is 2.44. The topological polar surface area (TPSA) is 65.8 Å². The minimum atomic E-state index is -4.81. The van der Waals surface area contributed by atoms with Gasteiger partial charge in [0, 0.05) is 28.5 Å². The summed E-state index contributed by atoms with van der Waals surface area (Å²) in [6.45, 7) is 0.181. The van der Waals surface area contributed by atoms with E-state index in [2.05, 4.69) is 0 Å². The van der Waals surface area contributed by atoms with Crippen LogP contribution in [-0.2, 0) is 5.75 Å². The van der Waals surface area contributed by atoms with Gasteiger partial charge in [-0.2, -0.15) is 13.2 Å². The van der Waals surface area contributed by atoms with E-state index < -0.39 is 59.3 Å². The van der Waals surface area contributed by atoms with Gasteiger partial charge in [-0.05, 0) is 30.2 Å². The largest absolute Gasteiger partial charge is 0.502 e. The number of hydrogen-bond acceptors (Lipinski definition) is 5. The smallest absolute Gasteiger partial charge is 0.408 e. The third-order valence-corrected chi connectivity index (χ3v) is 7.56. The molecule has 188 valence electrons. The molecule has 1 amide bonds. The average molecular weight is 523 g/mol. The molecule has 3 aromatic rings. The van der Waals surface area contributed by atoms with Crippen LogP contribution in [0, 0.1) is 11.6 Å². The van der Waals surface area contributed by atoms with Gasteiger partial charge < -0.3 is 10.0 Å². The summed E-state index contributed by atoms with van der Waals surface area (Å²) in [5.74, 6) is -4.28. The Bertz CT molecular complexity index is 1440. The minimum Gasteiger partial charge on any atom is -0.502 e. The van der Waals surface area contributed by atoms with Gasteiger partial charge in [-0.3, -0.25) is 19.3 Å². The summed E-state index contributed by atoms with van der Waals surface area (Å²) in [5.41, 5.74) is -0.708. The number of benzene rings is 2. The van der Waals surface area contributed by atoms with E-state index in [9.17, 15) is 36.6 Å². The van der Waals surface area contributed by atoms with E-state index in [1.807, 2.05) is 0 Å². The highest BCUT2D eigenvalue weighted by molar-refractivity contribution is 7.98. The molecule has 3 heterocycles. The van der Waals surface area contributed by atoms with Crippen LogP contribution in [0.3, 0.4) is 0 Å². The first-order valence-corrected chi connectivity index (χ1v) is 11.8. The Balaban J connectivity index is 1.80. The zero-order valence-electron chi connectivity index (χ0n) is 18.6. The molecule has 2 aliphatic rings. The molecule has 1 aromatic heterocycles. The Morgan fingerprint density at radius 2 is 1.78 bits per heavy atom. The highest BCUT2D eigenvalue weighted by Gasteiger charge is 2.47. The first-order valence-electron chi connectivity index (χ1n) is 10.8. The number of nitrogens with zero attached hydrogens (tertiary/aromatic N) is 3. The van der Waals surface area contributed by atoms with Crippen molar-refractivity contribution >= 4 is 17.7 Å². The molecular weight excluding hydrogens is 505 g/mol. The lowest BCUT2D eigenvalue weighted by atomic mass is 9.93. The second kappa shape index (κ2) is 8.54. The first kappa shape index (κ1) is 24.2. The van der Waals surface area contributed by atoms with E-state index in [1.165, 1.54) is 29.0 Å². The number of thioether (sulfide) groups is 1. The fraction of sp³-hybridized carbons (Fsp3) is 0.250. The molecular formula is C24H18F5N3O3S. The van der Waals surface area contributed by atoms with Gasteiger partial charge >= 0.3 is 6.18 Å². The van der Waals surface area contributed by atoms with Crippen molar-refractivity contribution in [2.75, 3.05) is 11.7 Å². The fourth-order valence-corrected chi connectivity index (χ4v) is 5.64. The highest BCUT2D eigenvalue weighted by atomic mass is 32.2. The zero-order valence-corrected chi connectivity index (χ0v) is 19.4. The number of carbonyl (C=O) groups is 1. The fourth-order valence-electron chi connectivity index (χ4n) is 4.52. The van der Waals surface area contributed by atoms with Gasteiger partial charge in [0.25, 0.3) is 5.91 Å². The number of amides is 1. The third-order valence-electron chi connectivity index (χ3n) is 6.44. The van der Waals surface area contributed by atoms with Crippen LogP contribution in [0.2, 0.25) is 0 Å².